The maximum absolute atomic E-state index is 5.26. The normalized spacial score (nSPS) is 11.8. The molecule has 0 bridgehead atoms. The predicted octanol–water partition coefficient (Wildman–Crippen LogP) is 14.6. The first kappa shape index (κ1) is 33.1. The van der Waals surface area contributed by atoms with Crippen LogP contribution in [0.4, 0.5) is 0 Å². The van der Waals surface area contributed by atoms with E-state index >= 15 is 0 Å². The zero-order valence-electron chi connectivity index (χ0n) is 30.9. The van der Waals surface area contributed by atoms with Crippen molar-refractivity contribution in [3.05, 3.63) is 182 Å². The Morgan fingerprint density at radius 1 is 0.293 bits per heavy atom. The van der Waals surface area contributed by atoms with Crippen LogP contribution >= 0.6 is 22.7 Å². The highest BCUT2D eigenvalue weighted by molar-refractivity contribution is 7.27. The third kappa shape index (κ3) is 5.27. The van der Waals surface area contributed by atoms with Gasteiger partial charge in [-0.3, -0.25) is 0 Å². The Morgan fingerprint density at radius 3 is 1.60 bits per heavy atom. The second-order valence-electron chi connectivity index (χ2n) is 14.5. The number of hydrogen-bond donors (Lipinski definition) is 0. The quantitative estimate of drug-likeness (QED) is 0.175. The van der Waals surface area contributed by atoms with Crippen LogP contribution in [-0.2, 0) is 0 Å². The van der Waals surface area contributed by atoms with Gasteiger partial charge in [-0.25, -0.2) is 19.9 Å². The molecule has 0 fully saturated rings. The summed E-state index contributed by atoms with van der Waals surface area (Å²) in [6.45, 7) is 0. The van der Waals surface area contributed by atoms with Gasteiger partial charge in [0.2, 0.25) is 0 Å². The summed E-state index contributed by atoms with van der Waals surface area (Å²) < 4.78 is 5.12. The summed E-state index contributed by atoms with van der Waals surface area (Å²) in [5.74, 6) is 1.89. The van der Waals surface area contributed by atoms with E-state index in [1.54, 1.807) is 0 Å². The molecule has 0 atom stereocenters. The molecule has 12 rings (SSSR count). The van der Waals surface area contributed by atoms with Gasteiger partial charge >= 0.3 is 0 Å². The molecule has 270 valence electrons. The van der Waals surface area contributed by atoms with Crippen molar-refractivity contribution in [2.24, 2.45) is 0 Å². The highest BCUT2D eigenvalue weighted by atomic mass is 32.1. The minimum Gasteiger partial charge on any atom is -0.247 e. The van der Waals surface area contributed by atoms with Crippen LogP contribution in [0.5, 0.6) is 0 Å². The zero-order chi connectivity index (χ0) is 38.2. The van der Waals surface area contributed by atoms with Gasteiger partial charge in [0.25, 0.3) is 0 Å². The second kappa shape index (κ2) is 13.2. The lowest BCUT2D eigenvalue weighted by atomic mass is 9.94. The van der Waals surface area contributed by atoms with Gasteiger partial charge in [0.05, 0.1) is 11.2 Å². The fourth-order valence-corrected chi connectivity index (χ4v) is 10.9. The van der Waals surface area contributed by atoms with Crippen LogP contribution in [0.25, 0.3) is 119 Å². The van der Waals surface area contributed by atoms with E-state index in [9.17, 15) is 0 Å². The second-order valence-corrected chi connectivity index (χ2v) is 16.6. The molecule has 12 aromatic rings. The number of hydrogen-bond acceptors (Lipinski definition) is 6. The molecule has 4 heterocycles. The van der Waals surface area contributed by atoms with Gasteiger partial charge in [-0.05, 0) is 40.6 Å². The number of pyridine rings is 1. The molecule has 6 heteroatoms. The number of para-hydroxylation sites is 1. The van der Waals surface area contributed by atoms with E-state index in [1.165, 1.54) is 56.9 Å². The van der Waals surface area contributed by atoms with Crippen molar-refractivity contribution in [1.29, 1.82) is 0 Å². The fourth-order valence-electron chi connectivity index (χ4n) is 8.43. The average Bonchev–Trinajstić information content (AvgIpc) is 3.88. The molecule has 0 saturated carbocycles. The predicted molar refractivity (Wildman–Crippen MR) is 246 cm³/mol. The highest BCUT2D eigenvalue weighted by Crippen LogP contribution is 2.45. The fraction of sp³-hybridized carbons (Fsp3) is 0. The van der Waals surface area contributed by atoms with Crippen LogP contribution in [0, 0.1) is 0 Å². The molecule has 0 N–H and O–H groups in total. The summed E-state index contributed by atoms with van der Waals surface area (Å²) in [6, 6.07) is 64.2. The first-order valence-corrected chi connectivity index (χ1v) is 20.9. The van der Waals surface area contributed by atoms with Crippen molar-refractivity contribution in [3.8, 4) is 56.5 Å². The van der Waals surface area contributed by atoms with E-state index in [1.807, 2.05) is 40.9 Å². The van der Waals surface area contributed by atoms with Gasteiger partial charge in [0.15, 0.2) is 17.5 Å². The molecule has 0 radical (unpaired) electrons. The molecule has 0 aliphatic carbocycles. The van der Waals surface area contributed by atoms with Crippen LogP contribution in [0.2, 0.25) is 0 Å². The van der Waals surface area contributed by atoms with Crippen LogP contribution in [0.15, 0.2) is 182 Å². The number of rotatable bonds is 5. The lowest BCUT2D eigenvalue weighted by Gasteiger charge is -2.14. The largest absolute Gasteiger partial charge is 0.247 e. The van der Waals surface area contributed by atoms with E-state index in [-0.39, 0.29) is 0 Å². The molecule has 0 spiro atoms. The number of fused-ring (bicyclic) bond motifs is 9. The first-order chi connectivity index (χ1) is 28.7. The van der Waals surface area contributed by atoms with Crippen LogP contribution in [0.3, 0.4) is 0 Å². The molecule has 0 aliphatic rings. The van der Waals surface area contributed by atoms with Gasteiger partial charge in [0.1, 0.15) is 0 Å². The van der Waals surface area contributed by atoms with Crippen LogP contribution < -0.4 is 0 Å². The molecule has 4 nitrogen and oxygen atoms in total. The lowest BCUT2D eigenvalue weighted by Crippen LogP contribution is -2.01. The first-order valence-electron chi connectivity index (χ1n) is 19.3. The number of benzene rings is 8. The summed E-state index contributed by atoms with van der Waals surface area (Å²) in [5.41, 5.74) is 8.27. The maximum Gasteiger partial charge on any atom is 0.164 e. The Kier molecular flexibility index (Phi) is 7.55. The molecule has 4 aromatic heterocycles. The Hall–Kier alpha value is -7.12. The summed E-state index contributed by atoms with van der Waals surface area (Å²) in [6.07, 6.45) is 0. The monoisotopic (exact) mass is 774 g/mol. The molecule has 0 saturated heterocycles. The number of nitrogens with zero attached hydrogens (tertiary/aromatic N) is 4. The Labute approximate surface area is 341 Å². The van der Waals surface area contributed by atoms with Crippen molar-refractivity contribution < 1.29 is 0 Å². The van der Waals surface area contributed by atoms with E-state index in [0.717, 1.165) is 44.2 Å². The van der Waals surface area contributed by atoms with E-state index in [4.69, 9.17) is 19.9 Å². The average molecular weight is 775 g/mol. The van der Waals surface area contributed by atoms with Crippen LogP contribution in [-0.4, -0.2) is 19.9 Å². The van der Waals surface area contributed by atoms with E-state index in [0.29, 0.717) is 17.5 Å². The Bertz CT molecular complexity index is 3570. The van der Waals surface area contributed by atoms with Crippen molar-refractivity contribution in [1.82, 2.24) is 19.9 Å². The van der Waals surface area contributed by atoms with Crippen molar-refractivity contribution in [2.45, 2.75) is 0 Å². The van der Waals surface area contributed by atoms with Gasteiger partial charge < -0.3 is 0 Å². The molecular weight excluding hydrogens is 745 g/mol. The molecular formula is C52H30N4S2. The molecule has 58 heavy (non-hydrogen) atoms. The smallest absolute Gasteiger partial charge is 0.164 e. The Morgan fingerprint density at radius 2 is 0.828 bits per heavy atom. The van der Waals surface area contributed by atoms with Gasteiger partial charge in [0, 0.05) is 73.5 Å². The summed E-state index contributed by atoms with van der Waals surface area (Å²) in [4.78, 5) is 20.7. The lowest BCUT2D eigenvalue weighted by molar-refractivity contribution is 1.08. The summed E-state index contributed by atoms with van der Waals surface area (Å²) >= 11 is 3.69. The van der Waals surface area contributed by atoms with Gasteiger partial charge in [-0.2, -0.15) is 0 Å². The van der Waals surface area contributed by atoms with E-state index in [2.05, 4.69) is 164 Å². The van der Waals surface area contributed by atoms with Crippen molar-refractivity contribution >= 4 is 84.7 Å². The molecule has 0 unspecified atom stereocenters. The minimum absolute atomic E-state index is 0.621. The van der Waals surface area contributed by atoms with Gasteiger partial charge in [-0.1, -0.05) is 158 Å². The minimum atomic E-state index is 0.621. The Balaban J connectivity index is 1.01. The van der Waals surface area contributed by atoms with Crippen molar-refractivity contribution in [2.75, 3.05) is 0 Å². The third-order valence-corrected chi connectivity index (χ3v) is 13.6. The molecule has 8 aromatic carbocycles. The maximum atomic E-state index is 5.26. The zero-order valence-corrected chi connectivity index (χ0v) is 32.6. The van der Waals surface area contributed by atoms with Crippen molar-refractivity contribution in [3.63, 3.8) is 0 Å². The summed E-state index contributed by atoms with van der Waals surface area (Å²) in [5, 5.41) is 8.45. The third-order valence-electron chi connectivity index (χ3n) is 11.2. The summed E-state index contributed by atoms with van der Waals surface area (Å²) in [7, 11) is 0. The standard InChI is InChI=1S/C52H30N4S2/c1-2-13-32(14-3-1)50-54-51(33-27-25-31(26-28-33)47-46-42-19-8-11-24-45(42)58-49(46)41-18-6-9-22-43(41)53-47)56-52(55-50)40-30-29-36(34-15-4-5-16-35(34)40)38-20-12-21-39-37-17-7-10-23-44(37)57-48(38)39/h1-30H. The number of thiophene rings is 2. The van der Waals surface area contributed by atoms with Crippen LogP contribution in [0.1, 0.15) is 0 Å². The molecule has 0 amide bonds. The number of aromatic nitrogens is 4. The van der Waals surface area contributed by atoms with E-state index < -0.39 is 0 Å². The molecule has 0 aliphatic heterocycles. The topological polar surface area (TPSA) is 51.6 Å². The highest BCUT2D eigenvalue weighted by Gasteiger charge is 2.20. The van der Waals surface area contributed by atoms with Gasteiger partial charge in [-0.15, -0.1) is 22.7 Å². The SMILES string of the molecule is c1ccc(-c2nc(-c3ccc(-c4nc5ccccc5c5sc6ccccc6c45)cc3)nc(-c3ccc(-c4cccc5c4sc4ccccc45)c4ccccc34)n2)cc1.